The van der Waals surface area contributed by atoms with Crippen LogP contribution in [0.4, 0.5) is 0 Å². The maximum absolute atomic E-state index is 11.1. The summed E-state index contributed by atoms with van der Waals surface area (Å²) in [5.74, 6) is -1.28. The Bertz CT molecular complexity index is 440. The molecule has 0 fully saturated rings. The molecular formula is C11H11NO4. The van der Waals surface area contributed by atoms with Crippen molar-refractivity contribution in [1.29, 1.82) is 0 Å². The summed E-state index contributed by atoms with van der Waals surface area (Å²) >= 11 is 0. The number of primary amides is 1. The van der Waals surface area contributed by atoms with E-state index in [-0.39, 0.29) is 23.3 Å². The van der Waals surface area contributed by atoms with Crippen LogP contribution >= 0.6 is 0 Å². The number of amides is 1. The highest BCUT2D eigenvalue weighted by Crippen LogP contribution is 2.21. The summed E-state index contributed by atoms with van der Waals surface area (Å²) in [5.41, 5.74) is 5.15. The molecule has 0 aliphatic carbocycles. The Kier molecular flexibility index (Phi) is 3.77. The quantitative estimate of drug-likeness (QED) is 0.465. The van der Waals surface area contributed by atoms with Crippen LogP contribution in [0.5, 0.6) is 5.75 Å². The summed E-state index contributed by atoms with van der Waals surface area (Å²) in [6, 6.07) is 4.35. The van der Waals surface area contributed by atoms with Crippen molar-refractivity contribution in [3.63, 3.8) is 0 Å². The van der Waals surface area contributed by atoms with Crippen molar-refractivity contribution in [3.8, 4) is 5.75 Å². The molecule has 0 aromatic heterocycles. The molecule has 0 radical (unpaired) electrons. The Hall–Kier alpha value is -2.17. The van der Waals surface area contributed by atoms with Gasteiger partial charge >= 0.3 is 5.97 Å². The number of ether oxygens (including phenoxy) is 1. The fourth-order valence-electron chi connectivity index (χ4n) is 1.19. The Morgan fingerprint density at radius 2 is 2.12 bits per heavy atom. The average Bonchev–Trinajstić information content (AvgIpc) is 2.28. The molecular weight excluding hydrogens is 210 g/mol. The number of benzene rings is 1. The van der Waals surface area contributed by atoms with E-state index in [9.17, 15) is 14.4 Å². The second-order valence-corrected chi connectivity index (χ2v) is 3.03. The van der Waals surface area contributed by atoms with Gasteiger partial charge in [-0.2, -0.15) is 0 Å². The van der Waals surface area contributed by atoms with E-state index in [2.05, 4.69) is 0 Å². The number of esters is 1. The predicted molar refractivity (Wildman–Crippen MR) is 56.3 cm³/mol. The van der Waals surface area contributed by atoms with Gasteiger partial charge in [0.15, 0.2) is 6.29 Å². The van der Waals surface area contributed by atoms with E-state index in [1.165, 1.54) is 18.2 Å². The summed E-state index contributed by atoms with van der Waals surface area (Å²) < 4.78 is 4.90. The summed E-state index contributed by atoms with van der Waals surface area (Å²) in [4.78, 5) is 32.9. The van der Waals surface area contributed by atoms with Crippen molar-refractivity contribution < 1.29 is 19.1 Å². The lowest BCUT2D eigenvalue weighted by molar-refractivity contribution is -0.134. The SMILES string of the molecule is CCC(=O)Oc1cccc(C=O)c1C(N)=O. The summed E-state index contributed by atoms with van der Waals surface area (Å²) in [7, 11) is 0. The molecule has 0 aliphatic rings. The number of carbonyl (C=O) groups is 3. The smallest absolute Gasteiger partial charge is 0.310 e. The topological polar surface area (TPSA) is 86.5 Å². The zero-order valence-corrected chi connectivity index (χ0v) is 8.73. The molecule has 1 aromatic carbocycles. The Morgan fingerprint density at radius 1 is 1.44 bits per heavy atom. The second kappa shape index (κ2) is 5.06. The van der Waals surface area contributed by atoms with Gasteiger partial charge < -0.3 is 10.5 Å². The Labute approximate surface area is 92.2 Å². The molecule has 0 unspecified atom stereocenters. The van der Waals surface area contributed by atoms with Crippen LogP contribution in [-0.4, -0.2) is 18.2 Å². The first-order valence-corrected chi connectivity index (χ1v) is 4.68. The van der Waals surface area contributed by atoms with Crippen LogP contribution in [-0.2, 0) is 4.79 Å². The molecule has 0 aliphatic heterocycles. The fraction of sp³-hybridized carbons (Fsp3) is 0.182. The Balaban J connectivity index is 3.22. The maximum atomic E-state index is 11.1. The largest absolute Gasteiger partial charge is 0.426 e. The number of hydrogen-bond donors (Lipinski definition) is 1. The van der Waals surface area contributed by atoms with Gasteiger partial charge in [-0.05, 0) is 6.07 Å². The molecule has 0 heterocycles. The van der Waals surface area contributed by atoms with Crippen molar-refractivity contribution >= 4 is 18.2 Å². The molecule has 0 atom stereocenters. The maximum Gasteiger partial charge on any atom is 0.310 e. The zero-order valence-electron chi connectivity index (χ0n) is 8.73. The van der Waals surface area contributed by atoms with E-state index < -0.39 is 11.9 Å². The standard InChI is InChI=1S/C11H11NO4/c1-2-9(14)16-8-5-3-4-7(6-13)10(8)11(12)15/h3-6H,2H2,1H3,(H2,12,15). The lowest BCUT2D eigenvalue weighted by Gasteiger charge is -2.08. The monoisotopic (exact) mass is 221 g/mol. The lowest BCUT2D eigenvalue weighted by Crippen LogP contribution is -2.17. The third-order valence-electron chi connectivity index (χ3n) is 1.94. The molecule has 0 saturated heterocycles. The van der Waals surface area contributed by atoms with Crippen LogP contribution in [0.3, 0.4) is 0 Å². The first kappa shape index (κ1) is 11.9. The molecule has 2 N–H and O–H groups in total. The third kappa shape index (κ3) is 2.44. The van der Waals surface area contributed by atoms with E-state index >= 15 is 0 Å². The van der Waals surface area contributed by atoms with Crippen LogP contribution in [0, 0.1) is 0 Å². The molecule has 84 valence electrons. The van der Waals surface area contributed by atoms with E-state index in [4.69, 9.17) is 10.5 Å². The van der Waals surface area contributed by atoms with Gasteiger partial charge in [0.1, 0.15) is 5.75 Å². The van der Waals surface area contributed by atoms with Crippen molar-refractivity contribution in [2.45, 2.75) is 13.3 Å². The highest BCUT2D eigenvalue weighted by molar-refractivity contribution is 6.03. The van der Waals surface area contributed by atoms with Gasteiger partial charge in [0.2, 0.25) is 0 Å². The van der Waals surface area contributed by atoms with Crippen LogP contribution in [0.2, 0.25) is 0 Å². The van der Waals surface area contributed by atoms with Gasteiger partial charge in [0.05, 0.1) is 5.56 Å². The minimum Gasteiger partial charge on any atom is -0.426 e. The summed E-state index contributed by atoms with van der Waals surface area (Å²) in [6.07, 6.45) is 0.660. The number of hydrogen-bond acceptors (Lipinski definition) is 4. The van der Waals surface area contributed by atoms with E-state index in [0.29, 0.717) is 6.29 Å². The van der Waals surface area contributed by atoms with E-state index in [0.717, 1.165) is 0 Å². The Morgan fingerprint density at radius 3 is 2.62 bits per heavy atom. The van der Waals surface area contributed by atoms with Crippen LogP contribution < -0.4 is 10.5 Å². The average molecular weight is 221 g/mol. The van der Waals surface area contributed by atoms with Gasteiger partial charge in [0.25, 0.3) is 5.91 Å². The number of rotatable bonds is 4. The van der Waals surface area contributed by atoms with Crippen LogP contribution in [0.1, 0.15) is 34.1 Å². The van der Waals surface area contributed by atoms with Crippen LogP contribution in [0.15, 0.2) is 18.2 Å². The molecule has 0 spiro atoms. The van der Waals surface area contributed by atoms with E-state index in [1.54, 1.807) is 6.92 Å². The van der Waals surface area contributed by atoms with Crippen molar-refractivity contribution in [1.82, 2.24) is 0 Å². The first-order valence-electron chi connectivity index (χ1n) is 4.68. The van der Waals surface area contributed by atoms with Gasteiger partial charge in [-0.15, -0.1) is 0 Å². The second-order valence-electron chi connectivity index (χ2n) is 3.03. The fourth-order valence-corrected chi connectivity index (χ4v) is 1.19. The van der Waals surface area contributed by atoms with Crippen molar-refractivity contribution in [3.05, 3.63) is 29.3 Å². The first-order chi connectivity index (χ1) is 7.60. The molecule has 0 bridgehead atoms. The molecule has 1 amide bonds. The number of carbonyl (C=O) groups excluding carboxylic acids is 3. The van der Waals surface area contributed by atoms with Crippen molar-refractivity contribution in [2.24, 2.45) is 5.73 Å². The third-order valence-corrected chi connectivity index (χ3v) is 1.94. The lowest BCUT2D eigenvalue weighted by atomic mass is 10.1. The van der Waals surface area contributed by atoms with Gasteiger partial charge in [-0.1, -0.05) is 19.1 Å². The van der Waals surface area contributed by atoms with E-state index in [1.807, 2.05) is 0 Å². The molecule has 5 heteroatoms. The minimum atomic E-state index is -0.804. The van der Waals surface area contributed by atoms with Crippen molar-refractivity contribution in [2.75, 3.05) is 0 Å². The number of aldehydes is 1. The molecule has 0 saturated carbocycles. The van der Waals surface area contributed by atoms with Gasteiger partial charge in [-0.25, -0.2) is 0 Å². The summed E-state index contributed by atoms with van der Waals surface area (Å²) in [6.45, 7) is 1.62. The summed E-state index contributed by atoms with van der Waals surface area (Å²) in [5, 5.41) is 0. The highest BCUT2D eigenvalue weighted by atomic mass is 16.5. The molecule has 5 nitrogen and oxygen atoms in total. The normalized spacial score (nSPS) is 9.56. The number of nitrogens with two attached hydrogens (primary N) is 1. The van der Waals surface area contributed by atoms with Crippen LogP contribution in [0.25, 0.3) is 0 Å². The van der Waals surface area contributed by atoms with Gasteiger partial charge in [-0.3, -0.25) is 14.4 Å². The molecule has 16 heavy (non-hydrogen) atoms. The zero-order chi connectivity index (χ0) is 12.1. The predicted octanol–water partition coefficient (Wildman–Crippen LogP) is 0.913. The molecule has 1 aromatic rings. The molecule has 1 rings (SSSR count). The van der Waals surface area contributed by atoms with Gasteiger partial charge in [0, 0.05) is 12.0 Å². The highest BCUT2D eigenvalue weighted by Gasteiger charge is 2.16. The minimum absolute atomic E-state index is 0.0175.